The minimum Gasteiger partial charge on any atom is -0.369 e. The summed E-state index contributed by atoms with van der Waals surface area (Å²) in [7, 11) is 0. The first-order chi connectivity index (χ1) is 6.22. The fourth-order valence-corrected chi connectivity index (χ4v) is 1.16. The Morgan fingerprint density at radius 3 is 2.77 bits per heavy atom. The summed E-state index contributed by atoms with van der Waals surface area (Å²) in [5.41, 5.74) is 7.00. The fraction of sp³-hybridized carbons (Fsp3) is 0.400. The first kappa shape index (κ1) is 9.71. The Bertz CT molecular complexity index is 279. The van der Waals surface area contributed by atoms with Gasteiger partial charge in [0.15, 0.2) is 0 Å². The van der Waals surface area contributed by atoms with Crippen LogP contribution in [0.25, 0.3) is 0 Å². The van der Waals surface area contributed by atoms with Gasteiger partial charge in [0.25, 0.3) is 0 Å². The number of rotatable bonds is 4. The number of carbonyl (C=O) groups excluding carboxylic acids is 1. The maximum atomic E-state index is 10.6. The van der Waals surface area contributed by atoms with E-state index in [1.165, 1.54) is 0 Å². The lowest BCUT2D eigenvalue weighted by Crippen LogP contribution is -2.13. The van der Waals surface area contributed by atoms with Gasteiger partial charge in [-0.1, -0.05) is 19.4 Å². The second-order valence-electron chi connectivity index (χ2n) is 3.05. The number of primary amides is 1. The Hall–Kier alpha value is -1.38. The van der Waals surface area contributed by atoms with Crippen LogP contribution in [0.5, 0.6) is 0 Å². The van der Waals surface area contributed by atoms with Gasteiger partial charge in [0.2, 0.25) is 5.91 Å². The maximum Gasteiger partial charge on any atom is 0.221 e. The lowest BCUT2D eigenvalue weighted by Gasteiger charge is -1.99. The quantitative estimate of drug-likeness (QED) is 0.749. The molecule has 70 valence electrons. The number of nitrogens with zero attached hydrogens (tertiary/aromatic N) is 1. The van der Waals surface area contributed by atoms with Crippen LogP contribution in [-0.4, -0.2) is 10.9 Å². The van der Waals surface area contributed by atoms with Crippen LogP contribution in [-0.2, 0) is 17.6 Å². The summed E-state index contributed by atoms with van der Waals surface area (Å²) in [6.45, 7) is 2.11. The van der Waals surface area contributed by atoms with Crippen molar-refractivity contribution in [1.82, 2.24) is 4.98 Å². The van der Waals surface area contributed by atoms with Crippen molar-refractivity contribution in [2.24, 2.45) is 5.73 Å². The topological polar surface area (TPSA) is 56.0 Å². The van der Waals surface area contributed by atoms with E-state index in [-0.39, 0.29) is 12.3 Å². The standard InChI is InChI=1S/C10H14N2O/c1-2-3-9-5-4-8(7-12-9)6-10(11)13/h4-5,7H,2-3,6H2,1H3,(H2,11,13). The molecule has 0 spiro atoms. The first-order valence-electron chi connectivity index (χ1n) is 4.44. The molecule has 1 aromatic heterocycles. The Kier molecular flexibility index (Phi) is 3.43. The molecule has 1 amide bonds. The molecule has 3 heteroatoms. The van der Waals surface area contributed by atoms with Crippen LogP contribution >= 0.6 is 0 Å². The van der Waals surface area contributed by atoms with E-state index in [1.807, 2.05) is 12.1 Å². The third-order valence-electron chi connectivity index (χ3n) is 1.77. The van der Waals surface area contributed by atoms with Gasteiger partial charge in [0, 0.05) is 11.9 Å². The maximum absolute atomic E-state index is 10.6. The number of aryl methyl sites for hydroxylation is 1. The van der Waals surface area contributed by atoms with Crippen LogP contribution in [0, 0.1) is 0 Å². The van der Waals surface area contributed by atoms with Gasteiger partial charge in [-0.15, -0.1) is 0 Å². The van der Waals surface area contributed by atoms with Crippen molar-refractivity contribution in [3.8, 4) is 0 Å². The van der Waals surface area contributed by atoms with E-state index in [4.69, 9.17) is 5.73 Å². The highest BCUT2D eigenvalue weighted by Crippen LogP contribution is 2.02. The number of pyridine rings is 1. The van der Waals surface area contributed by atoms with Gasteiger partial charge in [0.1, 0.15) is 0 Å². The molecule has 1 aromatic rings. The summed E-state index contributed by atoms with van der Waals surface area (Å²) >= 11 is 0. The molecule has 0 aromatic carbocycles. The molecule has 13 heavy (non-hydrogen) atoms. The van der Waals surface area contributed by atoms with E-state index in [2.05, 4.69) is 11.9 Å². The summed E-state index contributed by atoms with van der Waals surface area (Å²) in [5, 5.41) is 0. The fourth-order valence-electron chi connectivity index (χ4n) is 1.16. The van der Waals surface area contributed by atoms with Gasteiger partial charge in [-0.3, -0.25) is 9.78 Å². The second-order valence-corrected chi connectivity index (χ2v) is 3.05. The molecule has 0 aliphatic carbocycles. The van der Waals surface area contributed by atoms with E-state index >= 15 is 0 Å². The molecule has 0 saturated heterocycles. The summed E-state index contributed by atoms with van der Waals surface area (Å²) in [6.07, 6.45) is 4.06. The molecule has 1 rings (SSSR count). The zero-order chi connectivity index (χ0) is 9.68. The normalized spacial score (nSPS) is 9.92. The van der Waals surface area contributed by atoms with Crippen molar-refractivity contribution in [3.05, 3.63) is 29.6 Å². The number of carbonyl (C=O) groups is 1. The van der Waals surface area contributed by atoms with Gasteiger partial charge >= 0.3 is 0 Å². The molecular weight excluding hydrogens is 164 g/mol. The molecule has 0 aliphatic rings. The second kappa shape index (κ2) is 4.60. The molecule has 2 N–H and O–H groups in total. The van der Waals surface area contributed by atoms with Gasteiger partial charge in [0.05, 0.1) is 6.42 Å². The van der Waals surface area contributed by atoms with Crippen LogP contribution in [0.1, 0.15) is 24.6 Å². The van der Waals surface area contributed by atoms with Gasteiger partial charge in [-0.05, 0) is 18.1 Å². The van der Waals surface area contributed by atoms with E-state index in [1.54, 1.807) is 6.20 Å². The third-order valence-corrected chi connectivity index (χ3v) is 1.77. The largest absolute Gasteiger partial charge is 0.369 e. The van der Waals surface area contributed by atoms with E-state index < -0.39 is 0 Å². The summed E-state index contributed by atoms with van der Waals surface area (Å²) in [6, 6.07) is 3.85. The molecule has 0 radical (unpaired) electrons. The third kappa shape index (κ3) is 3.23. The molecule has 1 heterocycles. The van der Waals surface area contributed by atoms with Gasteiger partial charge in [-0.2, -0.15) is 0 Å². The molecule has 0 aliphatic heterocycles. The molecule has 0 atom stereocenters. The van der Waals surface area contributed by atoms with E-state index in [9.17, 15) is 4.79 Å². The zero-order valence-corrected chi connectivity index (χ0v) is 7.79. The van der Waals surface area contributed by atoms with Crippen LogP contribution in [0.15, 0.2) is 18.3 Å². The summed E-state index contributed by atoms with van der Waals surface area (Å²) in [5.74, 6) is -0.315. The molecule has 0 saturated carbocycles. The molecule has 0 fully saturated rings. The molecule has 0 unspecified atom stereocenters. The highest BCUT2D eigenvalue weighted by Gasteiger charge is 1.98. The lowest BCUT2D eigenvalue weighted by molar-refractivity contribution is -0.117. The van der Waals surface area contributed by atoms with Crippen LogP contribution in [0.3, 0.4) is 0 Å². The SMILES string of the molecule is CCCc1ccc(CC(N)=O)cn1. The number of aromatic nitrogens is 1. The van der Waals surface area contributed by atoms with Crippen molar-refractivity contribution in [1.29, 1.82) is 0 Å². The van der Waals surface area contributed by atoms with Crippen LogP contribution < -0.4 is 5.73 Å². The lowest BCUT2D eigenvalue weighted by atomic mass is 10.1. The first-order valence-corrected chi connectivity index (χ1v) is 4.44. The smallest absolute Gasteiger partial charge is 0.221 e. The van der Waals surface area contributed by atoms with E-state index in [0.29, 0.717) is 0 Å². The predicted octanol–water partition coefficient (Wildman–Crippen LogP) is 1.06. The number of hydrogen-bond acceptors (Lipinski definition) is 2. The zero-order valence-electron chi connectivity index (χ0n) is 7.79. The summed E-state index contributed by atoms with van der Waals surface area (Å²) in [4.78, 5) is 14.8. The summed E-state index contributed by atoms with van der Waals surface area (Å²) < 4.78 is 0. The Morgan fingerprint density at radius 2 is 2.31 bits per heavy atom. The highest BCUT2D eigenvalue weighted by atomic mass is 16.1. The predicted molar refractivity (Wildman–Crippen MR) is 51.1 cm³/mol. The molecule has 0 bridgehead atoms. The van der Waals surface area contributed by atoms with Gasteiger partial charge < -0.3 is 5.73 Å². The molecule has 3 nitrogen and oxygen atoms in total. The average molecular weight is 178 g/mol. The Morgan fingerprint density at radius 1 is 1.54 bits per heavy atom. The average Bonchev–Trinajstić information content (AvgIpc) is 2.08. The monoisotopic (exact) mass is 178 g/mol. The van der Waals surface area contributed by atoms with Crippen molar-refractivity contribution >= 4 is 5.91 Å². The van der Waals surface area contributed by atoms with E-state index in [0.717, 1.165) is 24.1 Å². The highest BCUT2D eigenvalue weighted by molar-refractivity contribution is 5.76. The van der Waals surface area contributed by atoms with Crippen molar-refractivity contribution < 1.29 is 4.79 Å². The Labute approximate surface area is 78.0 Å². The minimum atomic E-state index is -0.315. The van der Waals surface area contributed by atoms with Crippen molar-refractivity contribution in [3.63, 3.8) is 0 Å². The number of amides is 1. The van der Waals surface area contributed by atoms with Crippen molar-refractivity contribution in [2.75, 3.05) is 0 Å². The van der Waals surface area contributed by atoms with Crippen LogP contribution in [0.4, 0.5) is 0 Å². The number of hydrogen-bond donors (Lipinski definition) is 1. The molecular formula is C10H14N2O. The van der Waals surface area contributed by atoms with Crippen molar-refractivity contribution in [2.45, 2.75) is 26.2 Å². The van der Waals surface area contributed by atoms with Gasteiger partial charge in [-0.25, -0.2) is 0 Å². The minimum absolute atomic E-state index is 0.277. The number of nitrogens with two attached hydrogens (primary N) is 1. The Balaban J connectivity index is 2.64. The van der Waals surface area contributed by atoms with Crippen LogP contribution in [0.2, 0.25) is 0 Å².